The third-order valence-corrected chi connectivity index (χ3v) is 5.48. The lowest BCUT2D eigenvalue weighted by molar-refractivity contribution is -0.140. The minimum absolute atomic E-state index is 0.165. The fourth-order valence-corrected chi connectivity index (χ4v) is 4.31. The quantitative estimate of drug-likeness (QED) is 0.479. The molecule has 5 rings (SSSR count). The van der Waals surface area contributed by atoms with E-state index in [0.717, 1.165) is 17.9 Å². The van der Waals surface area contributed by atoms with Crippen LogP contribution in [-0.4, -0.2) is 37.3 Å². The Morgan fingerprint density at radius 3 is 2.20 bits per heavy atom. The number of benzene rings is 1. The highest BCUT2D eigenvalue weighted by Gasteiger charge is 2.56. The highest BCUT2D eigenvalue weighted by Crippen LogP contribution is 2.49. The van der Waals surface area contributed by atoms with Gasteiger partial charge in [-0.15, -0.1) is 0 Å². The Hall–Kier alpha value is -2.63. The molecule has 1 aromatic carbocycles. The molecular formula is C19H20N2O4. The standard InChI is InChI=1S/C19H20N2O4/c1-24-14-5-3-4-13(17(14)25-2)10-20-21-18(22)15-11-6-7-12(9-8-11)16(15)19(21)23/h3-7,10-12,15-16H,8-9H2,1-2H3/b20-10-/t11-,12-,15-,16-/m0/s1. The average Bonchev–Trinajstić information content (AvgIpc) is 2.93. The first-order chi connectivity index (χ1) is 12.2. The van der Waals surface area contributed by atoms with Crippen LogP contribution in [0, 0.1) is 23.7 Å². The van der Waals surface area contributed by atoms with Gasteiger partial charge in [0.05, 0.1) is 32.3 Å². The van der Waals surface area contributed by atoms with Crippen LogP contribution >= 0.6 is 0 Å². The number of imide groups is 1. The highest BCUT2D eigenvalue weighted by atomic mass is 16.5. The van der Waals surface area contributed by atoms with Crippen LogP contribution in [0.1, 0.15) is 18.4 Å². The average molecular weight is 340 g/mol. The van der Waals surface area contributed by atoms with Crippen LogP contribution < -0.4 is 9.47 Å². The number of fused-ring (bicyclic) bond motifs is 1. The molecule has 25 heavy (non-hydrogen) atoms. The molecule has 0 radical (unpaired) electrons. The second-order valence-electron chi connectivity index (χ2n) is 6.66. The molecule has 1 heterocycles. The predicted molar refractivity (Wildman–Crippen MR) is 91.3 cm³/mol. The first-order valence-electron chi connectivity index (χ1n) is 8.46. The van der Waals surface area contributed by atoms with Crippen molar-refractivity contribution in [3.8, 4) is 11.5 Å². The fraction of sp³-hybridized carbons (Fsp3) is 0.421. The molecule has 0 spiro atoms. The van der Waals surface area contributed by atoms with Gasteiger partial charge >= 0.3 is 0 Å². The van der Waals surface area contributed by atoms with Gasteiger partial charge in [-0.05, 0) is 36.8 Å². The normalized spacial score (nSPS) is 30.2. The molecule has 6 nitrogen and oxygen atoms in total. The topological polar surface area (TPSA) is 68.2 Å². The van der Waals surface area contributed by atoms with Crippen molar-refractivity contribution in [2.45, 2.75) is 12.8 Å². The van der Waals surface area contributed by atoms with Crippen LogP contribution in [0.4, 0.5) is 0 Å². The molecule has 4 aliphatic rings. The van der Waals surface area contributed by atoms with E-state index in [1.54, 1.807) is 32.4 Å². The number of methoxy groups -OCH3 is 2. The van der Waals surface area contributed by atoms with Crippen molar-refractivity contribution in [1.29, 1.82) is 0 Å². The molecule has 0 aromatic heterocycles. The number of hydrazone groups is 1. The largest absolute Gasteiger partial charge is 0.493 e. The molecule has 0 N–H and O–H groups in total. The highest BCUT2D eigenvalue weighted by molar-refractivity contribution is 6.06. The van der Waals surface area contributed by atoms with Gasteiger partial charge in [-0.2, -0.15) is 10.1 Å². The van der Waals surface area contributed by atoms with E-state index in [9.17, 15) is 9.59 Å². The van der Waals surface area contributed by atoms with E-state index in [1.807, 2.05) is 0 Å². The number of ether oxygens (including phenoxy) is 2. The van der Waals surface area contributed by atoms with Gasteiger partial charge in [-0.3, -0.25) is 9.59 Å². The number of allylic oxidation sites excluding steroid dienone is 2. The second kappa shape index (κ2) is 6.02. The molecule has 2 amide bonds. The first kappa shape index (κ1) is 15.9. The Morgan fingerprint density at radius 1 is 1.04 bits per heavy atom. The third kappa shape index (κ3) is 2.35. The van der Waals surface area contributed by atoms with E-state index in [-0.39, 0.29) is 35.5 Å². The third-order valence-electron chi connectivity index (χ3n) is 5.48. The van der Waals surface area contributed by atoms with Crippen LogP contribution in [0.15, 0.2) is 35.5 Å². The zero-order valence-electron chi connectivity index (χ0n) is 14.2. The summed E-state index contributed by atoms with van der Waals surface area (Å²) >= 11 is 0. The summed E-state index contributed by atoms with van der Waals surface area (Å²) in [5, 5.41) is 5.25. The Labute approximate surface area is 146 Å². The molecule has 6 heteroatoms. The van der Waals surface area contributed by atoms with Crippen molar-refractivity contribution < 1.29 is 19.1 Å². The molecule has 0 unspecified atom stereocenters. The summed E-state index contributed by atoms with van der Waals surface area (Å²) in [6, 6.07) is 5.38. The number of hydrogen-bond donors (Lipinski definition) is 0. The monoisotopic (exact) mass is 340 g/mol. The molecular weight excluding hydrogens is 320 g/mol. The lowest BCUT2D eigenvalue weighted by Gasteiger charge is -2.37. The summed E-state index contributed by atoms with van der Waals surface area (Å²) in [7, 11) is 3.10. The summed E-state index contributed by atoms with van der Waals surface area (Å²) in [4.78, 5) is 25.5. The van der Waals surface area contributed by atoms with E-state index in [0.29, 0.717) is 17.1 Å². The minimum Gasteiger partial charge on any atom is -0.493 e. The van der Waals surface area contributed by atoms with E-state index in [1.165, 1.54) is 6.21 Å². The van der Waals surface area contributed by atoms with Gasteiger partial charge in [0, 0.05) is 5.56 Å². The summed E-state index contributed by atoms with van der Waals surface area (Å²) in [5.41, 5.74) is 0.651. The van der Waals surface area contributed by atoms with Crippen molar-refractivity contribution in [2.75, 3.05) is 14.2 Å². The maximum absolute atomic E-state index is 12.7. The Morgan fingerprint density at radius 2 is 1.68 bits per heavy atom. The smallest absolute Gasteiger partial charge is 0.254 e. The molecule has 1 aliphatic heterocycles. The Bertz CT molecular complexity index is 754. The van der Waals surface area contributed by atoms with Crippen LogP contribution in [0.2, 0.25) is 0 Å². The lowest BCUT2D eigenvalue weighted by atomic mass is 9.63. The van der Waals surface area contributed by atoms with Gasteiger partial charge in [0.25, 0.3) is 11.8 Å². The summed E-state index contributed by atoms with van der Waals surface area (Å²) < 4.78 is 10.6. The molecule has 1 saturated heterocycles. The Balaban J connectivity index is 1.63. The number of carbonyl (C=O) groups excluding carboxylic acids is 2. The van der Waals surface area contributed by atoms with Crippen molar-refractivity contribution in [3.05, 3.63) is 35.9 Å². The van der Waals surface area contributed by atoms with Crippen molar-refractivity contribution in [1.82, 2.24) is 5.01 Å². The van der Waals surface area contributed by atoms with Gasteiger partial charge < -0.3 is 9.47 Å². The van der Waals surface area contributed by atoms with Crippen molar-refractivity contribution >= 4 is 18.0 Å². The molecule has 2 fully saturated rings. The van der Waals surface area contributed by atoms with E-state index >= 15 is 0 Å². The number of nitrogens with zero attached hydrogens (tertiary/aromatic N) is 2. The van der Waals surface area contributed by atoms with Crippen LogP contribution in [0.3, 0.4) is 0 Å². The predicted octanol–water partition coefficient (Wildman–Crippen LogP) is 2.23. The van der Waals surface area contributed by atoms with Crippen LogP contribution in [-0.2, 0) is 9.59 Å². The number of rotatable bonds is 4. The van der Waals surface area contributed by atoms with Gasteiger partial charge in [0.1, 0.15) is 0 Å². The summed E-state index contributed by atoms with van der Waals surface area (Å²) in [5.74, 6) is 0.546. The molecule has 1 aromatic rings. The Kier molecular flexibility index (Phi) is 3.82. The molecule has 130 valence electrons. The van der Waals surface area contributed by atoms with Gasteiger partial charge in [-0.1, -0.05) is 18.2 Å². The molecule has 3 aliphatic carbocycles. The molecule has 4 atom stereocenters. The number of hydrogen-bond acceptors (Lipinski definition) is 5. The second-order valence-corrected chi connectivity index (χ2v) is 6.66. The maximum atomic E-state index is 12.7. The minimum atomic E-state index is -0.249. The van der Waals surface area contributed by atoms with Crippen LogP contribution in [0.25, 0.3) is 0 Å². The lowest BCUT2D eigenvalue weighted by Crippen LogP contribution is -2.38. The van der Waals surface area contributed by atoms with Gasteiger partial charge in [0.2, 0.25) is 0 Å². The SMILES string of the molecule is COc1cccc(/C=N\N2C(=O)[C@@H]3[C@@H](C2=O)[C@H]2C=C[C@H]3CC2)c1OC. The number of para-hydroxylation sites is 1. The van der Waals surface area contributed by atoms with Gasteiger partial charge in [-0.25, -0.2) is 0 Å². The fourth-order valence-electron chi connectivity index (χ4n) is 4.31. The number of amides is 2. The molecule has 2 bridgehead atoms. The van der Waals surface area contributed by atoms with E-state index in [4.69, 9.17) is 9.47 Å². The summed E-state index contributed by atoms with van der Waals surface area (Å²) in [6.07, 6.45) is 7.63. The maximum Gasteiger partial charge on any atom is 0.254 e. The summed E-state index contributed by atoms with van der Waals surface area (Å²) in [6.45, 7) is 0. The molecule has 1 saturated carbocycles. The zero-order chi connectivity index (χ0) is 17.6. The van der Waals surface area contributed by atoms with Gasteiger partial charge in [0.15, 0.2) is 11.5 Å². The number of carbonyl (C=O) groups is 2. The van der Waals surface area contributed by atoms with E-state index < -0.39 is 0 Å². The zero-order valence-corrected chi connectivity index (χ0v) is 14.2. The van der Waals surface area contributed by atoms with Crippen LogP contribution in [0.5, 0.6) is 11.5 Å². The van der Waals surface area contributed by atoms with Crippen molar-refractivity contribution in [3.63, 3.8) is 0 Å². The van der Waals surface area contributed by atoms with Crippen molar-refractivity contribution in [2.24, 2.45) is 28.8 Å². The first-order valence-corrected chi connectivity index (χ1v) is 8.46. The van der Waals surface area contributed by atoms with E-state index in [2.05, 4.69) is 17.3 Å².